The van der Waals surface area contributed by atoms with Crippen LogP contribution in [0.2, 0.25) is 0 Å². The average Bonchev–Trinajstić information content (AvgIpc) is 3.20. The molecular formula is C18H18N5S+. The molecule has 0 spiro atoms. The number of hydrazine groups is 3. The zero-order valence-corrected chi connectivity index (χ0v) is 14.4. The van der Waals surface area contributed by atoms with Crippen molar-refractivity contribution in [1.82, 2.24) is 10.4 Å². The summed E-state index contributed by atoms with van der Waals surface area (Å²) in [6, 6.07) is 20.4. The predicted octanol–water partition coefficient (Wildman–Crippen LogP) is 3.79. The first-order valence-electron chi connectivity index (χ1n) is 7.77. The number of para-hydroxylation sites is 2. The topological polar surface area (TPSA) is 34.4 Å². The van der Waals surface area contributed by atoms with E-state index in [-0.39, 0.29) is 0 Å². The van der Waals surface area contributed by atoms with Crippen LogP contribution in [0.5, 0.6) is 0 Å². The maximum absolute atomic E-state index is 4.74. The molecule has 5 nitrogen and oxygen atoms in total. The van der Waals surface area contributed by atoms with Crippen LogP contribution in [-0.4, -0.2) is 16.0 Å². The molecule has 1 aromatic heterocycles. The Morgan fingerprint density at radius 3 is 2.25 bits per heavy atom. The van der Waals surface area contributed by atoms with Gasteiger partial charge in [0.15, 0.2) is 5.69 Å². The summed E-state index contributed by atoms with van der Waals surface area (Å²) >= 11 is 1.68. The molecule has 0 atom stereocenters. The third kappa shape index (κ3) is 2.51. The third-order valence-corrected chi connectivity index (χ3v) is 4.94. The Morgan fingerprint density at radius 2 is 1.62 bits per heavy atom. The molecule has 0 saturated heterocycles. The van der Waals surface area contributed by atoms with E-state index < -0.39 is 0 Å². The lowest BCUT2D eigenvalue weighted by atomic mass is 10.3. The van der Waals surface area contributed by atoms with Gasteiger partial charge in [-0.2, -0.15) is 5.43 Å². The fraction of sp³-hybridized carbons (Fsp3) is 0.111. The van der Waals surface area contributed by atoms with Crippen LogP contribution in [0.4, 0.5) is 16.5 Å². The molecule has 1 aliphatic rings. The van der Waals surface area contributed by atoms with Gasteiger partial charge in [0.05, 0.1) is 5.69 Å². The highest BCUT2D eigenvalue weighted by Crippen LogP contribution is 2.31. The fourth-order valence-corrected chi connectivity index (χ4v) is 3.45. The van der Waals surface area contributed by atoms with Crippen molar-refractivity contribution in [3.8, 4) is 0 Å². The normalized spacial score (nSPS) is 13.8. The van der Waals surface area contributed by atoms with Crippen LogP contribution < -0.4 is 15.7 Å². The molecule has 4 rings (SSSR count). The largest absolute Gasteiger partial charge is 0.288 e. The van der Waals surface area contributed by atoms with Crippen LogP contribution in [0.3, 0.4) is 0 Å². The molecule has 0 bridgehead atoms. The van der Waals surface area contributed by atoms with Crippen LogP contribution in [0, 0.1) is 13.8 Å². The van der Waals surface area contributed by atoms with E-state index >= 15 is 0 Å². The quantitative estimate of drug-likeness (QED) is 0.738. The van der Waals surface area contributed by atoms with Crippen molar-refractivity contribution in [2.24, 2.45) is 0 Å². The highest BCUT2D eigenvalue weighted by Gasteiger charge is 2.35. The molecule has 2 heterocycles. The predicted molar refractivity (Wildman–Crippen MR) is 98.6 cm³/mol. The molecule has 1 aliphatic heterocycles. The Morgan fingerprint density at radius 1 is 0.958 bits per heavy atom. The van der Waals surface area contributed by atoms with Gasteiger partial charge in [0.1, 0.15) is 5.69 Å². The molecule has 0 radical (unpaired) electrons. The second kappa shape index (κ2) is 5.98. The number of benzene rings is 2. The van der Waals surface area contributed by atoms with Crippen molar-refractivity contribution in [2.75, 3.05) is 10.2 Å². The van der Waals surface area contributed by atoms with Crippen molar-refractivity contribution >= 4 is 34.2 Å². The minimum Gasteiger partial charge on any atom is -0.220 e. The first-order chi connectivity index (χ1) is 11.7. The summed E-state index contributed by atoms with van der Waals surface area (Å²) < 4.78 is 2.06. The van der Waals surface area contributed by atoms with Gasteiger partial charge in [0.25, 0.3) is 11.5 Å². The molecular weight excluding hydrogens is 318 g/mol. The standard InChI is InChI=1S/C18H17N5S/c1-14-15(2)24-18(20-14)23-21(16-9-5-3-6-10-16)13-19-22(23)17-11-7-4-8-12-17/h3-13H,1-2H3/p+1. The van der Waals surface area contributed by atoms with E-state index in [9.17, 15) is 0 Å². The van der Waals surface area contributed by atoms with E-state index in [2.05, 4.69) is 46.4 Å². The molecule has 3 aromatic rings. The van der Waals surface area contributed by atoms with Gasteiger partial charge in [-0.3, -0.25) is 0 Å². The molecule has 0 saturated carbocycles. The van der Waals surface area contributed by atoms with Crippen molar-refractivity contribution in [2.45, 2.75) is 13.8 Å². The zero-order chi connectivity index (χ0) is 16.5. The lowest BCUT2D eigenvalue weighted by molar-refractivity contribution is -0.444. The number of nitrogens with zero attached hydrogens (tertiary/aromatic N) is 4. The number of hydrogen-bond acceptors (Lipinski definition) is 5. The summed E-state index contributed by atoms with van der Waals surface area (Å²) in [6.07, 6.45) is 1.94. The molecule has 0 unspecified atom stereocenters. The first kappa shape index (κ1) is 14.7. The summed E-state index contributed by atoms with van der Waals surface area (Å²) in [7, 11) is 0. The number of hydrazone groups is 1. The maximum Gasteiger partial charge on any atom is 0.288 e. The van der Waals surface area contributed by atoms with Crippen molar-refractivity contribution in [3.63, 3.8) is 0 Å². The molecule has 1 N–H and O–H groups in total. The van der Waals surface area contributed by atoms with Gasteiger partial charge in [-0.25, -0.2) is 4.98 Å². The number of aryl methyl sites for hydroxylation is 2. The van der Waals surface area contributed by atoms with Crippen molar-refractivity contribution in [1.29, 1.82) is 0 Å². The second-order valence-corrected chi connectivity index (χ2v) is 6.69. The van der Waals surface area contributed by atoms with E-state index in [0.29, 0.717) is 0 Å². The average molecular weight is 336 g/mol. The molecule has 0 aliphatic carbocycles. The monoisotopic (exact) mass is 336 g/mol. The molecule has 0 amide bonds. The van der Waals surface area contributed by atoms with Crippen LogP contribution in [0.15, 0.2) is 60.7 Å². The summed E-state index contributed by atoms with van der Waals surface area (Å²) in [5.41, 5.74) is 6.49. The number of rotatable bonds is 3. The molecule has 2 aromatic carbocycles. The fourth-order valence-electron chi connectivity index (χ4n) is 2.55. The van der Waals surface area contributed by atoms with Crippen LogP contribution in [0.1, 0.15) is 10.6 Å². The lowest BCUT2D eigenvalue weighted by Crippen LogP contribution is -2.46. The second-order valence-electron chi connectivity index (χ2n) is 5.51. The smallest absolute Gasteiger partial charge is 0.220 e. The minimum atomic E-state index is 0.916. The Balaban J connectivity index is 1.80. The Bertz CT molecular complexity index is 853. The van der Waals surface area contributed by atoms with Crippen molar-refractivity contribution in [3.05, 3.63) is 71.2 Å². The van der Waals surface area contributed by atoms with Crippen molar-refractivity contribution < 1.29 is 4.68 Å². The number of thiazole rings is 1. The number of nitrogens with one attached hydrogen (secondary N) is 1. The molecule has 24 heavy (non-hydrogen) atoms. The highest BCUT2D eigenvalue weighted by molar-refractivity contribution is 7.15. The Hall–Kier alpha value is -2.86. The highest BCUT2D eigenvalue weighted by atomic mass is 32.1. The molecule has 120 valence electrons. The van der Waals surface area contributed by atoms with E-state index in [1.54, 1.807) is 11.3 Å². The van der Waals surface area contributed by atoms with E-state index in [4.69, 9.17) is 4.98 Å². The Kier molecular flexibility index (Phi) is 3.66. The van der Waals surface area contributed by atoms with Gasteiger partial charge < -0.3 is 0 Å². The Labute approximate surface area is 145 Å². The van der Waals surface area contributed by atoms with Gasteiger partial charge in [0.2, 0.25) is 0 Å². The minimum absolute atomic E-state index is 0.916. The van der Waals surface area contributed by atoms with Gasteiger partial charge >= 0.3 is 0 Å². The first-order valence-corrected chi connectivity index (χ1v) is 8.58. The van der Waals surface area contributed by atoms with Crippen LogP contribution in [-0.2, 0) is 0 Å². The summed E-state index contributed by atoms with van der Waals surface area (Å²) in [6.45, 7) is 4.14. The molecule has 6 heteroatoms. The maximum atomic E-state index is 4.74. The SMILES string of the molecule is Cc1nc(N2N(c3ccccc3)NC=[N+]2c2ccccc2)sc1C. The zero-order valence-electron chi connectivity index (χ0n) is 13.5. The number of anilines is 2. The van der Waals surface area contributed by atoms with E-state index in [0.717, 1.165) is 22.2 Å². The van der Waals surface area contributed by atoms with Gasteiger partial charge in [-0.15, -0.1) is 0 Å². The van der Waals surface area contributed by atoms with Gasteiger partial charge in [-0.05, 0) is 43.2 Å². The van der Waals surface area contributed by atoms with Gasteiger partial charge in [0, 0.05) is 4.88 Å². The summed E-state index contributed by atoms with van der Waals surface area (Å²) in [5, 5.41) is 4.96. The molecule has 0 fully saturated rings. The van der Waals surface area contributed by atoms with Crippen LogP contribution >= 0.6 is 11.3 Å². The third-order valence-electron chi connectivity index (χ3n) is 3.91. The van der Waals surface area contributed by atoms with E-state index in [1.807, 2.05) is 54.8 Å². The number of hydrogen-bond donors (Lipinski definition) is 1. The van der Waals surface area contributed by atoms with E-state index in [1.165, 1.54) is 4.88 Å². The summed E-state index contributed by atoms with van der Waals surface area (Å²) in [5.74, 6) is 0. The van der Waals surface area contributed by atoms with Crippen LogP contribution in [0.25, 0.3) is 0 Å². The lowest BCUT2D eigenvalue weighted by Gasteiger charge is -2.23. The summed E-state index contributed by atoms with van der Waals surface area (Å²) in [4.78, 5) is 5.97. The number of aromatic nitrogens is 1. The van der Waals surface area contributed by atoms with Gasteiger partial charge in [-0.1, -0.05) is 57.5 Å².